The third-order valence-corrected chi connectivity index (χ3v) is 6.48. The van der Waals surface area contributed by atoms with Crippen molar-refractivity contribution in [3.05, 3.63) is 99.9 Å². The summed E-state index contributed by atoms with van der Waals surface area (Å²) >= 11 is 0. The van der Waals surface area contributed by atoms with Crippen molar-refractivity contribution in [2.24, 2.45) is 0 Å². The Morgan fingerprint density at radius 1 is 1.00 bits per heavy atom. The predicted octanol–water partition coefficient (Wildman–Crippen LogP) is 5.00. The van der Waals surface area contributed by atoms with E-state index in [2.05, 4.69) is 0 Å². The van der Waals surface area contributed by atoms with Gasteiger partial charge in [-0.1, -0.05) is 30.3 Å². The van der Waals surface area contributed by atoms with Crippen molar-refractivity contribution in [3.8, 4) is 0 Å². The minimum absolute atomic E-state index is 0.118. The number of hydrogen-bond acceptors (Lipinski definition) is 4. The van der Waals surface area contributed by atoms with Crippen molar-refractivity contribution >= 4 is 21.4 Å². The molecule has 0 spiro atoms. The second kappa shape index (κ2) is 8.00. The molecule has 8 heteroatoms. The van der Waals surface area contributed by atoms with Crippen LogP contribution in [-0.4, -0.2) is 13.3 Å². The Morgan fingerprint density at radius 3 is 2.24 bits per heavy atom. The Labute approximate surface area is 168 Å². The molecule has 0 aromatic heterocycles. The van der Waals surface area contributed by atoms with E-state index >= 15 is 0 Å². The van der Waals surface area contributed by atoms with Crippen molar-refractivity contribution in [1.29, 1.82) is 0 Å². The number of nitro benzene ring substituents is 1. The van der Waals surface area contributed by atoms with Gasteiger partial charge in [-0.2, -0.15) is 0 Å². The molecule has 0 amide bonds. The van der Waals surface area contributed by atoms with Gasteiger partial charge in [0, 0.05) is 17.7 Å². The Kier molecular flexibility index (Phi) is 5.65. The zero-order valence-corrected chi connectivity index (χ0v) is 16.6. The summed E-state index contributed by atoms with van der Waals surface area (Å²) in [5.74, 6) is -0.517. The highest BCUT2D eigenvalue weighted by molar-refractivity contribution is 7.92. The first-order chi connectivity index (χ1) is 13.7. The Bertz CT molecular complexity index is 1150. The number of halogens is 1. The van der Waals surface area contributed by atoms with Gasteiger partial charge >= 0.3 is 0 Å². The average molecular weight is 414 g/mol. The molecule has 0 radical (unpaired) electrons. The third kappa shape index (κ3) is 4.12. The van der Waals surface area contributed by atoms with Crippen LogP contribution in [0.5, 0.6) is 0 Å². The number of benzene rings is 3. The molecule has 3 aromatic carbocycles. The quantitative estimate of drug-likeness (QED) is 0.420. The van der Waals surface area contributed by atoms with E-state index in [0.29, 0.717) is 5.69 Å². The summed E-state index contributed by atoms with van der Waals surface area (Å²) < 4.78 is 42.5. The zero-order chi connectivity index (χ0) is 21.2. The van der Waals surface area contributed by atoms with Crippen molar-refractivity contribution in [2.75, 3.05) is 4.31 Å². The van der Waals surface area contributed by atoms with Gasteiger partial charge in [-0.3, -0.25) is 14.4 Å². The maximum absolute atomic E-state index is 14.4. The molecule has 0 bridgehead atoms. The van der Waals surface area contributed by atoms with Gasteiger partial charge in [-0.05, 0) is 49.7 Å². The second-order valence-electron chi connectivity index (χ2n) is 6.59. The molecule has 1 unspecified atom stereocenters. The monoisotopic (exact) mass is 414 g/mol. The summed E-state index contributed by atoms with van der Waals surface area (Å²) in [4.78, 5) is 10.2. The summed E-state index contributed by atoms with van der Waals surface area (Å²) in [5.41, 5.74) is 1.22. The first-order valence-electron chi connectivity index (χ1n) is 8.82. The van der Waals surface area contributed by atoms with Crippen LogP contribution in [0.15, 0.2) is 77.7 Å². The Balaban J connectivity index is 2.16. The van der Waals surface area contributed by atoms with Crippen LogP contribution in [-0.2, 0) is 10.0 Å². The van der Waals surface area contributed by atoms with Gasteiger partial charge in [0.2, 0.25) is 0 Å². The first-order valence-corrected chi connectivity index (χ1v) is 10.3. The standard InChI is InChI=1S/C21H19FN2O4S/c1-15-6-5-7-18(14-15)23(16(2)20-8-3-4-9-21(20)22)29(27,28)19-12-10-17(11-13-19)24(25)26/h3-14,16H,1-2H3. The Hall–Kier alpha value is -3.26. The molecule has 3 aromatic rings. The number of anilines is 1. The average Bonchev–Trinajstić information content (AvgIpc) is 2.68. The molecule has 3 rings (SSSR count). The summed E-state index contributed by atoms with van der Waals surface area (Å²) in [7, 11) is -4.13. The highest BCUT2D eigenvalue weighted by atomic mass is 32.2. The molecule has 0 fully saturated rings. The van der Waals surface area contributed by atoms with Gasteiger partial charge in [0.05, 0.1) is 21.5 Å². The smallest absolute Gasteiger partial charge is 0.259 e. The maximum Gasteiger partial charge on any atom is 0.269 e. The van der Waals surface area contributed by atoms with Crippen molar-refractivity contribution < 1.29 is 17.7 Å². The molecule has 6 nitrogen and oxygen atoms in total. The zero-order valence-electron chi connectivity index (χ0n) is 15.8. The number of nitro groups is 1. The fourth-order valence-corrected chi connectivity index (χ4v) is 4.76. The molecular weight excluding hydrogens is 395 g/mol. The molecule has 0 saturated heterocycles. The van der Waals surface area contributed by atoms with Gasteiger partial charge in [0.25, 0.3) is 15.7 Å². The van der Waals surface area contributed by atoms with E-state index in [0.717, 1.165) is 22.0 Å². The summed E-state index contributed by atoms with van der Waals surface area (Å²) in [6.45, 7) is 3.43. The number of aryl methyl sites for hydroxylation is 1. The fourth-order valence-electron chi connectivity index (χ4n) is 3.13. The lowest BCUT2D eigenvalue weighted by Crippen LogP contribution is -2.34. The molecule has 150 valence electrons. The number of sulfonamides is 1. The van der Waals surface area contributed by atoms with E-state index in [4.69, 9.17) is 0 Å². The van der Waals surface area contributed by atoms with Gasteiger partial charge in [-0.25, -0.2) is 12.8 Å². The molecular formula is C21H19FN2O4S. The Morgan fingerprint density at radius 2 is 1.66 bits per heavy atom. The molecule has 0 aliphatic carbocycles. The SMILES string of the molecule is Cc1cccc(N(C(C)c2ccccc2F)S(=O)(=O)c2ccc([N+](=O)[O-])cc2)c1. The lowest BCUT2D eigenvalue weighted by Gasteiger charge is -2.31. The van der Waals surface area contributed by atoms with Crippen LogP contribution in [0.2, 0.25) is 0 Å². The lowest BCUT2D eigenvalue weighted by atomic mass is 10.1. The summed E-state index contributed by atoms with van der Waals surface area (Å²) in [5, 5.41) is 10.9. The van der Waals surface area contributed by atoms with Gasteiger partial charge in [0.15, 0.2) is 0 Å². The van der Waals surface area contributed by atoms with E-state index in [-0.39, 0.29) is 16.1 Å². The fraction of sp³-hybridized carbons (Fsp3) is 0.143. The third-order valence-electron chi connectivity index (χ3n) is 4.57. The van der Waals surface area contributed by atoms with Crippen LogP contribution in [0.1, 0.15) is 24.1 Å². The van der Waals surface area contributed by atoms with E-state index in [9.17, 15) is 22.9 Å². The highest BCUT2D eigenvalue weighted by Crippen LogP contribution is 2.35. The number of nitrogens with zero attached hydrogens (tertiary/aromatic N) is 2. The van der Waals surface area contributed by atoms with Gasteiger partial charge in [0.1, 0.15) is 5.82 Å². The normalized spacial score (nSPS) is 12.4. The predicted molar refractivity (Wildman–Crippen MR) is 109 cm³/mol. The van der Waals surface area contributed by atoms with E-state index in [1.807, 2.05) is 13.0 Å². The minimum Gasteiger partial charge on any atom is -0.259 e. The second-order valence-corrected chi connectivity index (χ2v) is 8.40. The van der Waals surface area contributed by atoms with E-state index in [1.165, 1.54) is 30.3 Å². The highest BCUT2D eigenvalue weighted by Gasteiger charge is 2.32. The minimum atomic E-state index is -4.13. The maximum atomic E-state index is 14.4. The molecule has 0 aliphatic rings. The van der Waals surface area contributed by atoms with Crippen LogP contribution in [0.3, 0.4) is 0 Å². The lowest BCUT2D eigenvalue weighted by molar-refractivity contribution is -0.384. The topological polar surface area (TPSA) is 80.5 Å². The summed E-state index contributed by atoms with van der Waals surface area (Å²) in [6, 6.07) is 16.7. The first kappa shape index (κ1) is 20.5. The molecule has 0 saturated carbocycles. The van der Waals surface area contributed by atoms with Crippen LogP contribution in [0.25, 0.3) is 0 Å². The van der Waals surface area contributed by atoms with Gasteiger partial charge in [-0.15, -0.1) is 0 Å². The van der Waals surface area contributed by atoms with Crippen molar-refractivity contribution in [1.82, 2.24) is 0 Å². The van der Waals surface area contributed by atoms with Crippen LogP contribution in [0, 0.1) is 22.9 Å². The van der Waals surface area contributed by atoms with Crippen LogP contribution in [0.4, 0.5) is 15.8 Å². The van der Waals surface area contributed by atoms with Gasteiger partial charge < -0.3 is 0 Å². The number of rotatable bonds is 6. The molecule has 0 N–H and O–H groups in total. The van der Waals surface area contributed by atoms with Crippen LogP contribution >= 0.6 is 0 Å². The van der Waals surface area contributed by atoms with Crippen molar-refractivity contribution in [3.63, 3.8) is 0 Å². The molecule has 0 aliphatic heterocycles. The largest absolute Gasteiger partial charge is 0.269 e. The van der Waals surface area contributed by atoms with E-state index < -0.39 is 26.8 Å². The number of hydrogen-bond donors (Lipinski definition) is 0. The van der Waals surface area contributed by atoms with Crippen molar-refractivity contribution in [2.45, 2.75) is 24.8 Å². The number of non-ortho nitro benzene ring substituents is 1. The van der Waals surface area contributed by atoms with Crippen LogP contribution < -0.4 is 4.31 Å². The molecule has 0 heterocycles. The molecule has 29 heavy (non-hydrogen) atoms. The van der Waals surface area contributed by atoms with E-state index in [1.54, 1.807) is 31.2 Å². The summed E-state index contributed by atoms with van der Waals surface area (Å²) in [6.07, 6.45) is 0. The molecule has 1 atom stereocenters.